The molecule has 0 spiro atoms. The second-order valence-corrected chi connectivity index (χ2v) is 4.99. The van der Waals surface area contributed by atoms with Crippen molar-refractivity contribution < 1.29 is 18.4 Å². The smallest absolute Gasteiger partial charge is 0.282 e. The van der Waals surface area contributed by atoms with Crippen molar-refractivity contribution in [1.82, 2.24) is 15.2 Å². The SMILES string of the molecule is C=C(F)C(=O)N1CCNC(=O)C1Cc1nc2ccccc2o1. The molecule has 2 heterocycles. The summed E-state index contributed by atoms with van der Waals surface area (Å²) >= 11 is 0. The van der Waals surface area contributed by atoms with E-state index in [1.54, 1.807) is 12.1 Å². The third-order valence-electron chi connectivity index (χ3n) is 3.53. The van der Waals surface area contributed by atoms with Crippen LogP contribution in [-0.4, -0.2) is 40.8 Å². The lowest BCUT2D eigenvalue weighted by Crippen LogP contribution is -2.58. The summed E-state index contributed by atoms with van der Waals surface area (Å²) in [6.45, 7) is 3.50. The van der Waals surface area contributed by atoms with Crippen LogP contribution in [0.5, 0.6) is 0 Å². The molecule has 114 valence electrons. The Morgan fingerprint density at radius 3 is 3.00 bits per heavy atom. The molecule has 1 unspecified atom stereocenters. The van der Waals surface area contributed by atoms with Gasteiger partial charge in [0.05, 0.1) is 6.42 Å². The fourth-order valence-corrected chi connectivity index (χ4v) is 2.49. The van der Waals surface area contributed by atoms with Gasteiger partial charge in [0, 0.05) is 13.1 Å². The van der Waals surface area contributed by atoms with Gasteiger partial charge >= 0.3 is 0 Å². The summed E-state index contributed by atoms with van der Waals surface area (Å²) in [5.74, 6) is -2.00. The Labute approximate surface area is 125 Å². The molecule has 1 saturated heterocycles. The molecule has 0 radical (unpaired) electrons. The number of carbonyl (C=O) groups is 2. The lowest BCUT2D eigenvalue weighted by Gasteiger charge is -2.33. The second kappa shape index (κ2) is 5.59. The van der Waals surface area contributed by atoms with E-state index in [4.69, 9.17) is 4.42 Å². The minimum absolute atomic E-state index is 0.0829. The number of rotatable bonds is 3. The highest BCUT2D eigenvalue weighted by atomic mass is 19.1. The van der Waals surface area contributed by atoms with Crippen molar-refractivity contribution in [3.8, 4) is 0 Å². The van der Waals surface area contributed by atoms with Crippen LogP contribution in [0.15, 0.2) is 41.1 Å². The molecule has 1 atom stereocenters. The van der Waals surface area contributed by atoms with Crippen LogP contribution < -0.4 is 5.32 Å². The number of aromatic nitrogens is 1. The number of nitrogens with zero attached hydrogens (tertiary/aromatic N) is 2. The maximum absolute atomic E-state index is 13.1. The summed E-state index contributed by atoms with van der Waals surface area (Å²) in [6.07, 6.45) is 0.0829. The molecule has 2 amide bonds. The first-order chi connectivity index (χ1) is 10.6. The van der Waals surface area contributed by atoms with E-state index in [0.717, 1.165) is 4.90 Å². The molecule has 1 fully saturated rings. The summed E-state index contributed by atoms with van der Waals surface area (Å²) in [5.41, 5.74) is 1.27. The van der Waals surface area contributed by atoms with Gasteiger partial charge in [0.25, 0.3) is 5.91 Å². The number of piperazine rings is 1. The summed E-state index contributed by atoms with van der Waals surface area (Å²) in [7, 11) is 0. The van der Waals surface area contributed by atoms with E-state index < -0.39 is 17.8 Å². The van der Waals surface area contributed by atoms with Gasteiger partial charge in [-0.05, 0) is 12.1 Å². The molecule has 0 saturated carbocycles. The Morgan fingerprint density at radius 1 is 1.50 bits per heavy atom. The normalized spacial score (nSPS) is 18.3. The van der Waals surface area contributed by atoms with E-state index in [1.807, 2.05) is 12.1 Å². The van der Waals surface area contributed by atoms with Crippen LogP contribution in [0.1, 0.15) is 5.89 Å². The van der Waals surface area contributed by atoms with E-state index in [2.05, 4.69) is 16.9 Å². The van der Waals surface area contributed by atoms with Crippen LogP contribution in [0, 0.1) is 0 Å². The average Bonchev–Trinajstić information content (AvgIpc) is 2.91. The number of oxazole rings is 1. The van der Waals surface area contributed by atoms with Gasteiger partial charge in [-0.3, -0.25) is 9.59 Å². The Bertz CT molecular complexity index is 722. The van der Waals surface area contributed by atoms with E-state index in [0.29, 0.717) is 17.0 Å². The summed E-state index contributed by atoms with van der Waals surface area (Å²) in [5, 5.41) is 2.66. The Kier molecular flexibility index (Phi) is 3.62. The lowest BCUT2D eigenvalue weighted by atomic mass is 10.1. The van der Waals surface area contributed by atoms with E-state index in [9.17, 15) is 14.0 Å². The van der Waals surface area contributed by atoms with E-state index in [-0.39, 0.29) is 25.4 Å². The van der Waals surface area contributed by atoms with Crippen molar-refractivity contribution in [2.24, 2.45) is 0 Å². The first kappa shape index (κ1) is 14.2. The van der Waals surface area contributed by atoms with Gasteiger partial charge < -0.3 is 14.6 Å². The van der Waals surface area contributed by atoms with Crippen LogP contribution in [0.25, 0.3) is 11.1 Å². The van der Waals surface area contributed by atoms with E-state index in [1.165, 1.54) is 0 Å². The number of carbonyl (C=O) groups excluding carboxylic acids is 2. The molecule has 1 aromatic carbocycles. The number of hydrogen-bond donors (Lipinski definition) is 1. The number of fused-ring (bicyclic) bond motifs is 1. The topological polar surface area (TPSA) is 75.4 Å². The highest BCUT2D eigenvalue weighted by Gasteiger charge is 2.35. The van der Waals surface area contributed by atoms with Crippen molar-refractivity contribution in [1.29, 1.82) is 0 Å². The number of para-hydroxylation sites is 2. The summed E-state index contributed by atoms with van der Waals surface area (Å²) in [6, 6.07) is 6.33. The quantitative estimate of drug-likeness (QED) is 0.864. The standard InChI is InChI=1S/C15H14FN3O3/c1-9(16)15(21)19-7-6-17-14(20)11(19)8-13-18-10-4-2-3-5-12(10)22-13/h2-5,11H,1,6-8H2,(H,17,20). The second-order valence-electron chi connectivity index (χ2n) is 4.99. The van der Waals surface area contributed by atoms with Crippen LogP contribution in [0.2, 0.25) is 0 Å². The Hall–Kier alpha value is -2.70. The maximum atomic E-state index is 13.1. The lowest BCUT2D eigenvalue weighted by molar-refractivity contribution is -0.141. The Balaban J connectivity index is 1.87. The predicted octanol–water partition coefficient (Wildman–Crippen LogP) is 1.18. The molecule has 22 heavy (non-hydrogen) atoms. The van der Waals surface area contributed by atoms with Crippen LogP contribution in [0.3, 0.4) is 0 Å². The van der Waals surface area contributed by atoms with Crippen molar-refractivity contribution in [3.05, 3.63) is 42.6 Å². The largest absolute Gasteiger partial charge is 0.441 e. The minimum atomic E-state index is -1.09. The minimum Gasteiger partial charge on any atom is -0.441 e. The monoisotopic (exact) mass is 303 g/mol. The zero-order valence-electron chi connectivity index (χ0n) is 11.7. The number of hydrogen-bond acceptors (Lipinski definition) is 4. The van der Waals surface area contributed by atoms with Crippen LogP contribution >= 0.6 is 0 Å². The highest BCUT2D eigenvalue weighted by Crippen LogP contribution is 2.19. The molecule has 3 rings (SSSR count). The van der Waals surface area contributed by atoms with Crippen molar-refractivity contribution in [2.45, 2.75) is 12.5 Å². The average molecular weight is 303 g/mol. The van der Waals surface area contributed by atoms with Crippen molar-refractivity contribution in [2.75, 3.05) is 13.1 Å². The number of benzene rings is 1. The molecule has 1 N–H and O–H groups in total. The molecule has 0 aliphatic carbocycles. The summed E-state index contributed by atoms with van der Waals surface area (Å²) in [4.78, 5) is 29.3. The van der Waals surface area contributed by atoms with Gasteiger partial charge in [0.1, 0.15) is 11.6 Å². The molecular formula is C15H14FN3O3. The first-order valence-corrected chi connectivity index (χ1v) is 6.84. The molecule has 1 aliphatic heterocycles. The molecule has 7 heteroatoms. The molecule has 6 nitrogen and oxygen atoms in total. The number of amides is 2. The third-order valence-corrected chi connectivity index (χ3v) is 3.53. The van der Waals surface area contributed by atoms with Gasteiger partial charge in [-0.2, -0.15) is 0 Å². The van der Waals surface area contributed by atoms with Gasteiger partial charge in [-0.1, -0.05) is 18.7 Å². The van der Waals surface area contributed by atoms with E-state index >= 15 is 0 Å². The molecule has 0 bridgehead atoms. The van der Waals surface area contributed by atoms with Crippen molar-refractivity contribution in [3.63, 3.8) is 0 Å². The van der Waals surface area contributed by atoms with Gasteiger partial charge in [-0.15, -0.1) is 0 Å². The third kappa shape index (κ3) is 2.57. The zero-order chi connectivity index (χ0) is 15.7. The Morgan fingerprint density at radius 2 is 2.27 bits per heavy atom. The zero-order valence-corrected chi connectivity index (χ0v) is 11.7. The number of nitrogens with one attached hydrogen (secondary N) is 1. The van der Waals surface area contributed by atoms with Gasteiger partial charge in [0.2, 0.25) is 5.91 Å². The molecule has 1 aromatic heterocycles. The molecule has 1 aliphatic rings. The fourth-order valence-electron chi connectivity index (χ4n) is 2.49. The van der Waals surface area contributed by atoms with Gasteiger partial charge in [-0.25, -0.2) is 9.37 Å². The fraction of sp³-hybridized carbons (Fsp3) is 0.267. The molecular weight excluding hydrogens is 289 g/mol. The molecule has 2 aromatic rings. The van der Waals surface area contributed by atoms with Gasteiger partial charge in [0.15, 0.2) is 17.3 Å². The maximum Gasteiger partial charge on any atom is 0.282 e. The first-order valence-electron chi connectivity index (χ1n) is 6.84. The van der Waals surface area contributed by atoms with Crippen molar-refractivity contribution >= 4 is 22.9 Å². The van der Waals surface area contributed by atoms with Crippen LogP contribution in [0.4, 0.5) is 4.39 Å². The highest BCUT2D eigenvalue weighted by molar-refractivity contribution is 5.95. The summed E-state index contributed by atoms with van der Waals surface area (Å²) < 4.78 is 18.7. The number of halogens is 1. The predicted molar refractivity (Wildman–Crippen MR) is 76.5 cm³/mol. The van der Waals surface area contributed by atoms with Crippen LogP contribution in [-0.2, 0) is 16.0 Å².